The molecule has 0 amide bonds. The third-order valence-corrected chi connectivity index (χ3v) is 5.27. The van der Waals surface area contributed by atoms with Crippen LogP contribution in [0.15, 0.2) is 79.0 Å². The number of hydrogen-bond acceptors (Lipinski definition) is 4. The number of benzene rings is 2. The van der Waals surface area contributed by atoms with Gasteiger partial charge in [-0.3, -0.25) is 0 Å². The molecule has 0 spiro atoms. The van der Waals surface area contributed by atoms with Gasteiger partial charge in [0.05, 0.1) is 11.9 Å². The van der Waals surface area contributed by atoms with Crippen molar-refractivity contribution in [3.63, 3.8) is 0 Å². The highest BCUT2D eigenvalue weighted by atomic mass is 32.1. The molecule has 1 saturated heterocycles. The maximum atomic E-state index is 5.39. The van der Waals surface area contributed by atoms with Crippen molar-refractivity contribution >= 4 is 34.5 Å². The van der Waals surface area contributed by atoms with Crippen molar-refractivity contribution in [2.45, 2.75) is 6.54 Å². The summed E-state index contributed by atoms with van der Waals surface area (Å²) in [7, 11) is 0. The van der Waals surface area contributed by atoms with Crippen LogP contribution in [-0.2, 0) is 6.54 Å². The number of piperazine rings is 1. The molecule has 0 radical (unpaired) electrons. The zero-order chi connectivity index (χ0) is 19.9. The topological polar surface area (TPSA) is 43.4 Å². The smallest absolute Gasteiger partial charge is 0.171 e. The Morgan fingerprint density at radius 2 is 1.48 bits per heavy atom. The molecule has 0 saturated carbocycles. The summed E-state index contributed by atoms with van der Waals surface area (Å²) in [5.74, 6) is 1.01. The second-order valence-corrected chi connectivity index (χ2v) is 7.42. The second-order valence-electron chi connectivity index (χ2n) is 7.01. The normalized spacial score (nSPS) is 13.8. The van der Waals surface area contributed by atoms with Crippen LogP contribution in [0, 0.1) is 0 Å². The molecule has 0 bridgehead atoms. The van der Waals surface area contributed by atoms with Gasteiger partial charge in [0.2, 0.25) is 0 Å². The molecule has 148 valence electrons. The number of aromatic nitrogens is 1. The van der Waals surface area contributed by atoms with Crippen molar-refractivity contribution in [1.82, 2.24) is 10.3 Å². The van der Waals surface area contributed by atoms with Crippen LogP contribution in [0.2, 0.25) is 0 Å². The Hall–Kier alpha value is -3.12. The molecule has 5 nitrogen and oxygen atoms in total. The van der Waals surface area contributed by atoms with Crippen molar-refractivity contribution in [1.29, 1.82) is 0 Å². The van der Waals surface area contributed by atoms with E-state index in [1.54, 1.807) is 0 Å². The van der Waals surface area contributed by atoms with Crippen molar-refractivity contribution in [2.24, 2.45) is 0 Å². The van der Waals surface area contributed by atoms with Gasteiger partial charge in [-0.05, 0) is 42.0 Å². The molecule has 2 heterocycles. The van der Waals surface area contributed by atoms with E-state index in [1.165, 1.54) is 11.3 Å². The first-order valence-electron chi connectivity index (χ1n) is 9.88. The van der Waals surface area contributed by atoms with Crippen LogP contribution in [0.4, 0.5) is 17.2 Å². The average Bonchev–Trinajstić information content (AvgIpc) is 2.80. The minimum Gasteiger partial charge on any atom is -0.368 e. The SMILES string of the molecule is S=C(NCc1ccccc1)Nc1ccc(N2CCN(c3ccccc3)CC2)nc1. The molecular formula is C23H25N5S. The first-order valence-corrected chi connectivity index (χ1v) is 10.3. The van der Waals surface area contributed by atoms with Crippen LogP contribution < -0.4 is 20.4 Å². The number of para-hydroxylation sites is 1. The number of pyridine rings is 1. The Balaban J connectivity index is 1.26. The fraction of sp³-hybridized carbons (Fsp3) is 0.217. The van der Waals surface area contributed by atoms with Crippen molar-refractivity contribution in [2.75, 3.05) is 41.3 Å². The molecule has 29 heavy (non-hydrogen) atoms. The van der Waals surface area contributed by atoms with Crippen LogP contribution in [0.1, 0.15) is 5.56 Å². The van der Waals surface area contributed by atoms with E-state index in [0.29, 0.717) is 11.7 Å². The van der Waals surface area contributed by atoms with Crippen molar-refractivity contribution in [3.8, 4) is 0 Å². The zero-order valence-electron chi connectivity index (χ0n) is 16.3. The lowest BCUT2D eigenvalue weighted by atomic mass is 10.2. The maximum absolute atomic E-state index is 5.39. The zero-order valence-corrected chi connectivity index (χ0v) is 17.1. The average molecular weight is 404 g/mol. The number of nitrogens with zero attached hydrogens (tertiary/aromatic N) is 3. The number of anilines is 3. The first kappa shape index (κ1) is 19.2. The van der Waals surface area contributed by atoms with E-state index in [1.807, 2.05) is 30.5 Å². The highest BCUT2D eigenvalue weighted by molar-refractivity contribution is 7.80. The molecule has 3 aromatic rings. The van der Waals surface area contributed by atoms with Crippen LogP contribution in [0.3, 0.4) is 0 Å². The van der Waals surface area contributed by atoms with Crippen LogP contribution in [0.25, 0.3) is 0 Å². The van der Waals surface area contributed by atoms with Gasteiger partial charge in [0, 0.05) is 38.4 Å². The predicted molar refractivity (Wildman–Crippen MR) is 125 cm³/mol. The summed E-state index contributed by atoms with van der Waals surface area (Å²) >= 11 is 5.39. The van der Waals surface area contributed by atoms with Gasteiger partial charge in [-0.2, -0.15) is 0 Å². The van der Waals surface area contributed by atoms with Gasteiger partial charge in [0.25, 0.3) is 0 Å². The minimum atomic E-state index is 0.597. The van der Waals surface area contributed by atoms with Gasteiger partial charge < -0.3 is 20.4 Å². The molecule has 0 aliphatic carbocycles. The second kappa shape index (κ2) is 9.39. The molecule has 0 unspecified atom stereocenters. The van der Waals surface area contributed by atoms with Gasteiger partial charge in [0.1, 0.15) is 5.82 Å². The quantitative estimate of drug-likeness (QED) is 0.630. The van der Waals surface area contributed by atoms with Gasteiger partial charge >= 0.3 is 0 Å². The molecule has 1 fully saturated rings. The van der Waals surface area contributed by atoms with E-state index in [-0.39, 0.29) is 0 Å². The highest BCUT2D eigenvalue weighted by Crippen LogP contribution is 2.20. The summed E-state index contributed by atoms with van der Waals surface area (Å²) in [5, 5.41) is 7.02. The predicted octanol–water partition coefficient (Wildman–Crippen LogP) is 3.89. The lowest BCUT2D eigenvalue weighted by Gasteiger charge is -2.36. The Morgan fingerprint density at radius 3 is 2.14 bits per heavy atom. The molecule has 1 aromatic heterocycles. The lowest BCUT2D eigenvalue weighted by Crippen LogP contribution is -2.46. The standard InChI is InChI=1S/C23H25N5S/c29-23(25-17-19-7-3-1-4-8-19)26-20-11-12-22(24-18-20)28-15-13-27(14-16-28)21-9-5-2-6-10-21/h1-12,18H,13-17H2,(H2,25,26,29). The monoisotopic (exact) mass is 403 g/mol. The van der Waals surface area contributed by atoms with E-state index >= 15 is 0 Å². The summed E-state index contributed by atoms with van der Waals surface area (Å²) in [4.78, 5) is 9.38. The van der Waals surface area contributed by atoms with Crippen LogP contribution in [0.5, 0.6) is 0 Å². The van der Waals surface area contributed by atoms with Crippen LogP contribution in [-0.4, -0.2) is 36.3 Å². The number of rotatable bonds is 5. The molecular weight excluding hydrogens is 378 g/mol. The fourth-order valence-corrected chi connectivity index (χ4v) is 3.62. The Labute approximate surface area is 177 Å². The summed E-state index contributed by atoms with van der Waals surface area (Å²) in [6.07, 6.45) is 1.84. The van der Waals surface area contributed by atoms with Gasteiger partial charge in [-0.25, -0.2) is 4.98 Å². The summed E-state index contributed by atoms with van der Waals surface area (Å²) in [6.45, 7) is 4.62. The van der Waals surface area contributed by atoms with E-state index < -0.39 is 0 Å². The first-order chi connectivity index (χ1) is 14.3. The molecule has 4 rings (SSSR count). The van der Waals surface area contributed by atoms with Gasteiger partial charge in [0.15, 0.2) is 5.11 Å². The van der Waals surface area contributed by atoms with Gasteiger partial charge in [-0.1, -0.05) is 48.5 Å². The Bertz CT molecular complexity index is 907. The molecule has 1 aliphatic heterocycles. The summed E-state index contributed by atoms with van der Waals surface area (Å²) in [5.41, 5.74) is 3.37. The van der Waals surface area contributed by atoms with Crippen LogP contribution >= 0.6 is 12.2 Å². The van der Waals surface area contributed by atoms with Crippen molar-refractivity contribution in [3.05, 3.63) is 84.6 Å². The summed E-state index contributed by atoms with van der Waals surface area (Å²) in [6, 6.07) is 24.9. The number of hydrogen-bond donors (Lipinski definition) is 2. The van der Waals surface area contributed by atoms with Crippen molar-refractivity contribution < 1.29 is 0 Å². The third-order valence-electron chi connectivity index (χ3n) is 5.03. The lowest BCUT2D eigenvalue weighted by molar-refractivity contribution is 0.647. The number of thiocarbonyl (C=S) groups is 1. The van der Waals surface area contributed by atoms with E-state index in [2.05, 4.69) is 73.9 Å². The molecule has 6 heteroatoms. The van der Waals surface area contributed by atoms with Gasteiger partial charge in [-0.15, -0.1) is 0 Å². The largest absolute Gasteiger partial charge is 0.368 e. The Kier molecular flexibility index (Phi) is 6.22. The molecule has 1 aliphatic rings. The minimum absolute atomic E-state index is 0.597. The van der Waals surface area contributed by atoms with E-state index in [0.717, 1.165) is 37.7 Å². The summed E-state index contributed by atoms with van der Waals surface area (Å²) < 4.78 is 0. The van der Waals surface area contributed by atoms with E-state index in [9.17, 15) is 0 Å². The Morgan fingerprint density at radius 1 is 0.828 bits per heavy atom. The number of nitrogens with one attached hydrogen (secondary N) is 2. The molecule has 2 N–H and O–H groups in total. The molecule has 2 aromatic carbocycles. The highest BCUT2D eigenvalue weighted by Gasteiger charge is 2.18. The molecule has 0 atom stereocenters. The maximum Gasteiger partial charge on any atom is 0.171 e. The van der Waals surface area contributed by atoms with E-state index in [4.69, 9.17) is 12.2 Å². The fourth-order valence-electron chi connectivity index (χ4n) is 3.43. The third kappa shape index (κ3) is 5.23.